The Morgan fingerprint density at radius 1 is 0.314 bits per heavy atom. The molecule has 0 amide bonds. The summed E-state index contributed by atoms with van der Waals surface area (Å²) < 4.78 is 279. The number of rotatable bonds is 3. The Hall–Kier alpha value is -6.70. The number of benzene rings is 10. The van der Waals surface area contributed by atoms with Gasteiger partial charge in [-0.3, -0.25) is 0 Å². The topological polar surface area (TPSA) is 13.1 Å². The average molecular weight is 677 g/mol. The summed E-state index contributed by atoms with van der Waals surface area (Å²) in [6, 6.07) is -28.5. The van der Waals surface area contributed by atoms with Crippen LogP contribution in [-0.2, 0) is 0 Å². The fourth-order valence-corrected chi connectivity index (χ4v) is 6.51. The first-order valence-corrected chi connectivity index (χ1v) is 15.2. The van der Waals surface area contributed by atoms with Crippen LogP contribution in [0.3, 0.4) is 0 Å². The van der Waals surface area contributed by atoms with Gasteiger partial charge in [-0.1, -0.05) is 163 Å². The maximum atomic E-state index is 9.97. The van der Waals surface area contributed by atoms with Crippen LogP contribution < -0.4 is 0 Å². The zero-order valence-corrected chi connectivity index (χ0v) is 25.4. The molecule has 1 aromatic heterocycles. The van der Waals surface area contributed by atoms with E-state index in [4.69, 9.17) is 29.1 Å². The molecule has 11 rings (SSSR count). The first kappa shape index (κ1) is 11.7. The first-order chi connectivity index (χ1) is 37.8. The number of hydrogen-bond donors (Lipinski definition) is 0. The van der Waals surface area contributed by atoms with Crippen molar-refractivity contribution in [3.63, 3.8) is 0 Å². The largest absolute Gasteiger partial charge is 0.456 e. The van der Waals surface area contributed by atoms with E-state index in [2.05, 4.69) is 0 Å². The van der Waals surface area contributed by atoms with E-state index in [1.807, 2.05) is 0 Å². The molecule has 1 nitrogen and oxygen atoms in total. The second kappa shape index (κ2) is 10.9. The van der Waals surface area contributed by atoms with Crippen molar-refractivity contribution < 1.29 is 45.5 Å². The molecule has 10 aromatic carbocycles. The Balaban J connectivity index is 1.42. The molecular formula is C50H30O. The third-order valence-corrected chi connectivity index (χ3v) is 8.64. The van der Waals surface area contributed by atoms with Gasteiger partial charge in [-0.15, -0.1) is 0 Å². The van der Waals surface area contributed by atoms with Crippen molar-refractivity contribution in [3.8, 4) is 33.4 Å². The molecule has 0 unspecified atom stereocenters. The van der Waals surface area contributed by atoms with Gasteiger partial charge in [0.25, 0.3) is 0 Å². The highest BCUT2D eigenvalue weighted by atomic mass is 16.3. The summed E-state index contributed by atoms with van der Waals surface area (Å²) in [5, 5.41) is -7.81. The van der Waals surface area contributed by atoms with E-state index in [-0.39, 0.29) is 5.39 Å². The third kappa shape index (κ3) is 4.16. The molecule has 0 saturated heterocycles. The summed E-state index contributed by atoms with van der Waals surface area (Å²) >= 11 is 0. The molecule has 0 radical (unpaired) electrons. The van der Waals surface area contributed by atoms with Gasteiger partial charge >= 0.3 is 0 Å². The average Bonchev–Trinajstić information content (AvgIpc) is 2.20. The van der Waals surface area contributed by atoms with E-state index in [1.54, 1.807) is 0 Å². The lowest BCUT2D eigenvalue weighted by Crippen LogP contribution is -1.93. The summed E-state index contributed by atoms with van der Waals surface area (Å²) in [5.41, 5.74) is -6.02. The second-order valence-corrected chi connectivity index (χ2v) is 11.3. The summed E-state index contributed by atoms with van der Waals surface area (Å²) in [7, 11) is 0. The van der Waals surface area contributed by atoms with Crippen molar-refractivity contribution in [1.82, 2.24) is 0 Å². The zero-order chi connectivity index (χ0) is 59.6. The SMILES string of the molecule is [2H]c1c([2H])c([2H])c2c(-c3c4c([2H])c([2H])c([2H])c([2H])c4c(-c4c([2H])c([2H])c(-c5c([2H])c([2H])c6c(oc7c([2H])c([2H])c8c([2H])c([2H])c([2H])c([2H])c8c76)c5[2H])c5c([2H])c([2H])c([2H])c([2H])c45)c4c([2H])c([2H])c([2H])c([2H])c34)c([2H])c([2H])c([2H])c2c1[2H]. The predicted molar refractivity (Wildman–Crippen MR) is 218 cm³/mol. The van der Waals surface area contributed by atoms with Crippen LogP contribution in [-0.4, -0.2) is 0 Å². The van der Waals surface area contributed by atoms with Gasteiger partial charge in [-0.05, 0) is 105 Å². The third-order valence-electron chi connectivity index (χ3n) is 8.64. The Morgan fingerprint density at radius 3 is 1.47 bits per heavy atom. The van der Waals surface area contributed by atoms with E-state index >= 15 is 0 Å². The number of furan rings is 1. The first-order valence-electron chi connectivity index (χ1n) is 30.2. The van der Waals surface area contributed by atoms with E-state index in [1.165, 1.54) is 0 Å². The van der Waals surface area contributed by atoms with Crippen molar-refractivity contribution in [2.45, 2.75) is 0 Å². The second-order valence-electron chi connectivity index (χ2n) is 11.3. The Kier molecular flexibility index (Phi) is 2.50. The molecule has 0 saturated carbocycles. The number of fused-ring (bicyclic) bond motifs is 9. The Morgan fingerprint density at radius 2 is 0.804 bits per heavy atom. The minimum Gasteiger partial charge on any atom is -0.456 e. The minimum absolute atomic E-state index is 0.363. The molecule has 236 valence electrons. The molecular weight excluding hydrogens is 617 g/mol. The van der Waals surface area contributed by atoms with Gasteiger partial charge in [0.1, 0.15) is 11.2 Å². The van der Waals surface area contributed by atoms with Gasteiger partial charge in [0.05, 0.1) is 41.1 Å². The molecule has 0 spiro atoms. The molecule has 0 atom stereocenters. The van der Waals surface area contributed by atoms with Crippen LogP contribution in [0.25, 0.3) is 109 Å². The highest BCUT2D eigenvalue weighted by Crippen LogP contribution is 2.48. The monoisotopic (exact) mass is 676 g/mol. The zero-order valence-electron chi connectivity index (χ0n) is 55.4. The van der Waals surface area contributed by atoms with Crippen molar-refractivity contribution in [2.24, 2.45) is 0 Å². The molecule has 0 N–H and O–H groups in total. The molecule has 0 bridgehead atoms. The fraction of sp³-hybridized carbons (Fsp3) is 0. The predicted octanol–water partition coefficient (Wildman–Crippen LogP) is 14.4. The summed E-state index contributed by atoms with van der Waals surface area (Å²) in [6.45, 7) is 0. The van der Waals surface area contributed by atoms with Crippen LogP contribution in [0.15, 0.2) is 186 Å². The van der Waals surface area contributed by atoms with Gasteiger partial charge in [0.2, 0.25) is 0 Å². The molecule has 1 heteroatoms. The van der Waals surface area contributed by atoms with Crippen LogP contribution in [0.5, 0.6) is 0 Å². The van der Waals surface area contributed by atoms with Crippen molar-refractivity contribution >= 4 is 75.8 Å². The highest BCUT2D eigenvalue weighted by Gasteiger charge is 2.20. The lowest BCUT2D eigenvalue weighted by molar-refractivity contribution is 0.669. The quantitative estimate of drug-likeness (QED) is 0.170. The standard InChI is InChI=1S/C50H30O/c1-3-15-34-31(12-1)14-11-23-39(34)48-40-19-7-9-21-42(40)49(43-22-10-8-20-41(43)48)44-28-27-35(37-17-5-6-18-38(37)44)33-24-26-45-47(30-33)51-46-29-25-32-13-2-4-16-36(32)50(45)46/h1-30H/i1D,2D,3D,4D,5D,6D,7D,8D,9D,10D,11D,12D,13D,14D,15D,16D,17D,18D,19D,20D,21D,22D,23D,24D,25D,26D,27D,28D,29D,30D. The van der Waals surface area contributed by atoms with Crippen molar-refractivity contribution in [1.29, 1.82) is 0 Å². The van der Waals surface area contributed by atoms with E-state index < -0.39 is 285 Å². The van der Waals surface area contributed by atoms with Crippen LogP contribution in [0.4, 0.5) is 0 Å². The Labute approximate surface area is 336 Å². The molecule has 0 aliphatic carbocycles. The van der Waals surface area contributed by atoms with Gasteiger partial charge in [0, 0.05) is 10.8 Å². The van der Waals surface area contributed by atoms with E-state index in [0.29, 0.717) is 0 Å². The lowest BCUT2D eigenvalue weighted by Gasteiger charge is -2.20. The maximum absolute atomic E-state index is 9.97. The van der Waals surface area contributed by atoms with Gasteiger partial charge in [-0.25, -0.2) is 0 Å². The summed E-state index contributed by atoms with van der Waals surface area (Å²) in [6.07, 6.45) is 0. The van der Waals surface area contributed by atoms with Crippen molar-refractivity contribution in [2.75, 3.05) is 0 Å². The van der Waals surface area contributed by atoms with Crippen molar-refractivity contribution in [3.05, 3.63) is 181 Å². The summed E-state index contributed by atoms with van der Waals surface area (Å²) in [5.74, 6) is 0. The van der Waals surface area contributed by atoms with E-state index in [0.717, 1.165) is 0 Å². The minimum atomic E-state index is -1.14. The lowest BCUT2D eigenvalue weighted by atomic mass is 9.83. The van der Waals surface area contributed by atoms with Gasteiger partial charge in [-0.2, -0.15) is 0 Å². The molecule has 51 heavy (non-hydrogen) atoms. The van der Waals surface area contributed by atoms with Crippen LogP contribution in [0.1, 0.15) is 41.1 Å². The maximum Gasteiger partial charge on any atom is 0.136 e. The normalized spacial score (nSPS) is 20.2. The van der Waals surface area contributed by atoms with Crippen LogP contribution in [0.2, 0.25) is 0 Å². The molecule has 11 aromatic rings. The van der Waals surface area contributed by atoms with Gasteiger partial charge < -0.3 is 4.42 Å². The summed E-state index contributed by atoms with van der Waals surface area (Å²) in [4.78, 5) is 0. The smallest absolute Gasteiger partial charge is 0.136 e. The fourth-order valence-electron chi connectivity index (χ4n) is 6.51. The highest BCUT2D eigenvalue weighted by molar-refractivity contribution is 6.26. The van der Waals surface area contributed by atoms with Crippen LogP contribution in [0, 0.1) is 0 Å². The van der Waals surface area contributed by atoms with Crippen LogP contribution >= 0.6 is 0 Å². The molecule has 0 aliphatic heterocycles. The van der Waals surface area contributed by atoms with Gasteiger partial charge in [0.15, 0.2) is 0 Å². The molecule has 0 fully saturated rings. The van der Waals surface area contributed by atoms with E-state index in [9.17, 15) is 16.4 Å². The Bertz CT molecular complexity index is 4840. The number of hydrogen-bond acceptors (Lipinski definition) is 1. The molecule has 1 heterocycles. The molecule has 0 aliphatic rings.